The summed E-state index contributed by atoms with van der Waals surface area (Å²) in [5.74, 6) is -0.926. The lowest BCUT2D eigenvalue weighted by Crippen LogP contribution is -2.57. The molecule has 0 spiro atoms. The lowest BCUT2D eigenvalue weighted by molar-refractivity contribution is -0.182. The van der Waals surface area contributed by atoms with Crippen LogP contribution in [-0.2, 0) is 9.59 Å². The first-order valence-corrected chi connectivity index (χ1v) is 4.46. The fourth-order valence-electron chi connectivity index (χ4n) is 1.16. The molecule has 0 fully saturated rings. The van der Waals surface area contributed by atoms with E-state index in [-0.39, 0.29) is 0 Å². The molecule has 1 rings (SSSR count). The Hall–Kier alpha value is -1.16. The normalized spacial score (nSPS) is 21.6. The molecule has 14 heavy (non-hydrogen) atoms. The summed E-state index contributed by atoms with van der Waals surface area (Å²) in [6, 6.07) is 0. The van der Waals surface area contributed by atoms with E-state index in [9.17, 15) is 14.7 Å². The van der Waals surface area contributed by atoms with Crippen LogP contribution in [0.1, 0.15) is 27.7 Å². The zero-order valence-electron chi connectivity index (χ0n) is 8.87. The first kappa shape index (κ1) is 10.9. The van der Waals surface area contributed by atoms with E-state index in [0.29, 0.717) is 0 Å². The molecule has 4 nitrogen and oxygen atoms in total. The Morgan fingerprint density at radius 1 is 1.07 bits per heavy atom. The van der Waals surface area contributed by atoms with Crippen molar-refractivity contribution in [3.63, 3.8) is 0 Å². The Balaban J connectivity index is 3.06. The van der Waals surface area contributed by atoms with Gasteiger partial charge in [0.25, 0.3) is 11.8 Å². The summed E-state index contributed by atoms with van der Waals surface area (Å²) >= 11 is 0. The van der Waals surface area contributed by atoms with Gasteiger partial charge in [-0.15, -0.1) is 0 Å². The van der Waals surface area contributed by atoms with Crippen molar-refractivity contribution in [3.05, 3.63) is 12.2 Å². The van der Waals surface area contributed by atoms with Crippen LogP contribution < -0.4 is 0 Å². The van der Waals surface area contributed by atoms with Gasteiger partial charge in [0.1, 0.15) is 5.72 Å². The molecule has 0 aromatic rings. The van der Waals surface area contributed by atoms with Gasteiger partial charge in [0.2, 0.25) is 0 Å². The lowest BCUT2D eigenvalue weighted by Gasteiger charge is -2.42. The molecule has 0 saturated heterocycles. The fraction of sp³-hybridized carbons (Fsp3) is 0.600. The monoisotopic (exact) mass is 197 g/mol. The van der Waals surface area contributed by atoms with E-state index in [2.05, 4.69) is 0 Å². The van der Waals surface area contributed by atoms with Gasteiger partial charge in [-0.3, -0.25) is 9.59 Å². The molecule has 0 aromatic heterocycles. The van der Waals surface area contributed by atoms with E-state index < -0.39 is 23.0 Å². The number of carbonyl (C=O) groups excluding carboxylic acids is 2. The van der Waals surface area contributed by atoms with Crippen LogP contribution in [0, 0.1) is 5.41 Å². The second-order valence-electron chi connectivity index (χ2n) is 4.62. The molecule has 0 radical (unpaired) electrons. The molecule has 1 N–H and O–H groups in total. The molecule has 0 saturated carbocycles. The van der Waals surface area contributed by atoms with E-state index in [0.717, 1.165) is 4.90 Å². The van der Waals surface area contributed by atoms with Gasteiger partial charge in [0, 0.05) is 17.6 Å². The quantitative estimate of drug-likeness (QED) is 0.628. The molecule has 1 heterocycles. The third-order valence-electron chi connectivity index (χ3n) is 2.67. The van der Waals surface area contributed by atoms with Crippen LogP contribution in [0.2, 0.25) is 0 Å². The first-order valence-electron chi connectivity index (χ1n) is 4.46. The van der Waals surface area contributed by atoms with Crippen LogP contribution >= 0.6 is 0 Å². The third kappa shape index (κ3) is 1.46. The minimum absolute atomic E-state index is 0.463. The van der Waals surface area contributed by atoms with Crippen molar-refractivity contribution in [2.45, 2.75) is 33.4 Å². The van der Waals surface area contributed by atoms with Crippen molar-refractivity contribution in [1.29, 1.82) is 0 Å². The van der Waals surface area contributed by atoms with Crippen molar-refractivity contribution in [1.82, 2.24) is 4.90 Å². The SMILES string of the molecule is CC(C)(C)C(C)(O)N1C(=O)C=CC1=O. The van der Waals surface area contributed by atoms with Gasteiger partial charge in [-0.25, -0.2) is 4.90 Å². The van der Waals surface area contributed by atoms with Gasteiger partial charge in [0.15, 0.2) is 0 Å². The molecule has 78 valence electrons. The number of hydrogen-bond donors (Lipinski definition) is 1. The van der Waals surface area contributed by atoms with Crippen LogP contribution in [0.25, 0.3) is 0 Å². The molecule has 0 aliphatic carbocycles. The molecule has 0 aromatic carbocycles. The second-order valence-corrected chi connectivity index (χ2v) is 4.62. The number of carbonyl (C=O) groups is 2. The van der Waals surface area contributed by atoms with Crippen molar-refractivity contribution in [2.24, 2.45) is 5.41 Å². The topological polar surface area (TPSA) is 57.6 Å². The summed E-state index contributed by atoms with van der Waals surface area (Å²) < 4.78 is 0. The van der Waals surface area contributed by atoms with Crippen molar-refractivity contribution < 1.29 is 14.7 Å². The fourth-order valence-corrected chi connectivity index (χ4v) is 1.16. The smallest absolute Gasteiger partial charge is 0.255 e. The number of rotatable bonds is 1. The highest BCUT2D eigenvalue weighted by Crippen LogP contribution is 2.34. The average molecular weight is 197 g/mol. The number of aliphatic hydroxyl groups is 1. The maximum atomic E-state index is 11.3. The molecule has 1 aliphatic rings. The molecule has 1 aliphatic heterocycles. The van der Waals surface area contributed by atoms with E-state index >= 15 is 0 Å². The molecule has 1 atom stereocenters. The standard InChI is InChI=1S/C10H15NO3/c1-9(2,3)10(4,14)11-7(12)5-6-8(11)13/h5-6,14H,1-4H3. The van der Waals surface area contributed by atoms with Gasteiger partial charge in [-0.05, 0) is 6.92 Å². The largest absolute Gasteiger partial charge is 0.370 e. The number of amides is 2. The van der Waals surface area contributed by atoms with Crippen LogP contribution in [-0.4, -0.2) is 27.5 Å². The van der Waals surface area contributed by atoms with Crippen molar-refractivity contribution in [3.8, 4) is 0 Å². The predicted octanol–water partition coefficient (Wildman–Crippen LogP) is 0.666. The summed E-state index contributed by atoms with van der Waals surface area (Å²) in [6.07, 6.45) is 2.34. The highest BCUT2D eigenvalue weighted by atomic mass is 16.3. The third-order valence-corrected chi connectivity index (χ3v) is 2.67. The van der Waals surface area contributed by atoms with Gasteiger partial charge in [-0.1, -0.05) is 20.8 Å². The van der Waals surface area contributed by atoms with E-state index in [4.69, 9.17) is 0 Å². The van der Waals surface area contributed by atoms with Crippen LogP contribution in [0.4, 0.5) is 0 Å². The summed E-state index contributed by atoms with van der Waals surface area (Å²) in [7, 11) is 0. The van der Waals surface area contributed by atoms with Crippen LogP contribution in [0.3, 0.4) is 0 Å². The molecule has 4 heteroatoms. The predicted molar refractivity (Wildman–Crippen MR) is 51.1 cm³/mol. The summed E-state index contributed by atoms with van der Waals surface area (Å²) in [5, 5.41) is 10.1. The van der Waals surface area contributed by atoms with Crippen LogP contribution in [0.15, 0.2) is 12.2 Å². The maximum absolute atomic E-state index is 11.3. The first-order chi connectivity index (χ1) is 6.18. The maximum Gasteiger partial charge on any atom is 0.255 e. The van der Waals surface area contributed by atoms with E-state index in [1.54, 1.807) is 20.8 Å². The van der Waals surface area contributed by atoms with Crippen molar-refractivity contribution >= 4 is 11.8 Å². The molecular formula is C10H15NO3. The molecule has 1 unspecified atom stereocenters. The minimum atomic E-state index is -1.47. The molecule has 0 bridgehead atoms. The van der Waals surface area contributed by atoms with E-state index in [1.807, 2.05) is 0 Å². The van der Waals surface area contributed by atoms with Gasteiger partial charge in [-0.2, -0.15) is 0 Å². The summed E-state index contributed by atoms with van der Waals surface area (Å²) in [4.78, 5) is 23.6. The number of nitrogens with zero attached hydrogens (tertiary/aromatic N) is 1. The Bertz CT molecular complexity index is 292. The van der Waals surface area contributed by atoms with Crippen molar-refractivity contribution in [2.75, 3.05) is 0 Å². The molecule has 2 amide bonds. The summed E-state index contributed by atoms with van der Waals surface area (Å²) in [6.45, 7) is 6.78. The van der Waals surface area contributed by atoms with E-state index in [1.165, 1.54) is 19.1 Å². The van der Waals surface area contributed by atoms with Gasteiger partial charge < -0.3 is 5.11 Å². The number of hydrogen-bond acceptors (Lipinski definition) is 3. The lowest BCUT2D eigenvalue weighted by atomic mass is 9.83. The second kappa shape index (κ2) is 2.92. The molecular weight excluding hydrogens is 182 g/mol. The Morgan fingerprint density at radius 3 is 1.71 bits per heavy atom. The highest BCUT2D eigenvalue weighted by Gasteiger charge is 2.47. The summed E-state index contributed by atoms with van der Waals surface area (Å²) in [5.41, 5.74) is -2.05. The highest BCUT2D eigenvalue weighted by molar-refractivity contribution is 6.13. The number of imide groups is 1. The zero-order valence-corrected chi connectivity index (χ0v) is 8.87. The Labute approximate surface area is 83.2 Å². The van der Waals surface area contributed by atoms with Gasteiger partial charge >= 0.3 is 0 Å². The minimum Gasteiger partial charge on any atom is -0.370 e. The zero-order chi connectivity index (χ0) is 11.1. The Morgan fingerprint density at radius 2 is 1.43 bits per heavy atom. The van der Waals surface area contributed by atoms with Crippen LogP contribution in [0.5, 0.6) is 0 Å². The average Bonchev–Trinajstić information content (AvgIpc) is 2.28. The van der Waals surface area contributed by atoms with Gasteiger partial charge in [0.05, 0.1) is 0 Å². The Kier molecular flexibility index (Phi) is 2.27.